The van der Waals surface area contributed by atoms with Crippen molar-refractivity contribution in [1.29, 1.82) is 0 Å². The number of carbonyl (C=O) groups is 3. The molecule has 0 aliphatic carbocycles. The second-order valence-electron chi connectivity index (χ2n) is 6.46. The monoisotopic (exact) mass is 735 g/mol. The average molecular weight is 734 g/mol. The van der Waals surface area contributed by atoms with Gasteiger partial charge in [0.25, 0.3) is 0 Å². The molecule has 0 amide bonds. The molecule has 217 valence electrons. The van der Waals surface area contributed by atoms with E-state index in [2.05, 4.69) is 0 Å². The van der Waals surface area contributed by atoms with E-state index in [0.29, 0.717) is 0 Å². The summed E-state index contributed by atoms with van der Waals surface area (Å²) in [7, 11) is 0. The first-order valence-corrected chi connectivity index (χ1v) is 9.03. The van der Waals surface area contributed by atoms with Crippen LogP contribution in [0.15, 0.2) is 18.2 Å². The summed E-state index contributed by atoms with van der Waals surface area (Å²) in [6, 6.07) is 0.238. The smallest absolute Gasteiger partial charge is 0.338 e. The second kappa shape index (κ2) is 15.0. The molecule has 40 heavy (non-hydrogen) atoms. The number of benzene rings is 3. The molecule has 19 heteroatoms. The third-order valence-corrected chi connectivity index (χ3v) is 4.00. The van der Waals surface area contributed by atoms with E-state index in [1.165, 1.54) is 0 Å². The van der Waals surface area contributed by atoms with E-state index < -0.39 is 104 Å². The normalized spacial score (nSPS) is 9.90. The van der Waals surface area contributed by atoms with Gasteiger partial charge in [0.1, 0.15) is 16.7 Å². The summed E-state index contributed by atoms with van der Waals surface area (Å²) in [4.78, 5) is 30.4. The molecule has 0 aliphatic rings. The van der Waals surface area contributed by atoms with E-state index in [4.69, 9.17) is 15.3 Å². The number of hydrogen-bond acceptors (Lipinski definition) is 3. The van der Waals surface area contributed by atoms with Crippen molar-refractivity contribution in [3.8, 4) is 0 Å². The maximum atomic E-state index is 12.5. The van der Waals surface area contributed by atoms with E-state index in [1.807, 2.05) is 0 Å². The van der Waals surface area contributed by atoms with Crippen LogP contribution < -0.4 is 0 Å². The van der Waals surface area contributed by atoms with Gasteiger partial charge in [0.2, 0.25) is 0 Å². The number of carboxylic acids is 3. The van der Waals surface area contributed by atoms with E-state index in [-0.39, 0.29) is 67.6 Å². The van der Waals surface area contributed by atoms with Crippen molar-refractivity contribution < 1.29 is 132 Å². The summed E-state index contributed by atoms with van der Waals surface area (Å²) < 4.78 is 148. The molecular formula is C21H6EuF12O6. The molecule has 1 radical (unpaired) electrons. The fraction of sp³-hybridized carbons (Fsp3) is 0. The fourth-order valence-corrected chi connectivity index (χ4v) is 2.19. The van der Waals surface area contributed by atoms with Crippen molar-refractivity contribution >= 4 is 17.9 Å². The number of carboxylic acid groups (broad SMARTS) is 3. The van der Waals surface area contributed by atoms with Gasteiger partial charge < -0.3 is 15.3 Å². The fourth-order valence-electron chi connectivity index (χ4n) is 2.19. The Morgan fingerprint density at radius 3 is 0.700 bits per heavy atom. The van der Waals surface area contributed by atoms with Gasteiger partial charge in [-0.2, -0.15) is 0 Å². The SMILES string of the molecule is O=C(O)c1cc(F)c(F)c(F)c1F.O=C(O)c1cc(F)c(F)c(F)c1F.O=C(O)c1cc(F)c(F)c(F)c1F.[Eu]. The molecule has 0 aliphatic heterocycles. The third kappa shape index (κ3) is 8.41. The standard InChI is InChI=1S/3C7H2F4O2.Eu/c3*8-3-1-2(7(12)13)4(9)6(11)5(3)10;/h3*1H,(H,12,13);. The molecule has 3 rings (SSSR count). The van der Waals surface area contributed by atoms with Gasteiger partial charge in [0.15, 0.2) is 69.8 Å². The Balaban J connectivity index is 0.000000563. The van der Waals surface area contributed by atoms with Crippen LogP contribution in [0.3, 0.4) is 0 Å². The van der Waals surface area contributed by atoms with Crippen LogP contribution in [0, 0.1) is 119 Å². The largest absolute Gasteiger partial charge is 0.478 e. The Morgan fingerprint density at radius 2 is 0.550 bits per heavy atom. The van der Waals surface area contributed by atoms with Crippen LogP contribution in [-0.2, 0) is 0 Å². The van der Waals surface area contributed by atoms with Gasteiger partial charge in [-0.15, -0.1) is 0 Å². The molecule has 0 saturated carbocycles. The van der Waals surface area contributed by atoms with Gasteiger partial charge >= 0.3 is 17.9 Å². The zero-order valence-corrected chi connectivity index (χ0v) is 20.6. The van der Waals surface area contributed by atoms with Gasteiger partial charge in [-0.1, -0.05) is 0 Å². The predicted octanol–water partition coefficient (Wildman–Crippen LogP) is 5.82. The zero-order chi connectivity index (χ0) is 30.5. The molecule has 6 nitrogen and oxygen atoms in total. The van der Waals surface area contributed by atoms with Crippen LogP contribution in [-0.4, -0.2) is 33.2 Å². The van der Waals surface area contributed by atoms with Crippen molar-refractivity contribution in [1.82, 2.24) is 0 Å². The predicted molar refractivity (Wildman–Crippen MR) is 99.7 cm³/mol. The number of hydrogen-bond donors (Lipinski definition) is 3. The number of halogens is 12. The van der Waals surface area contributed by atoms with Crippen LogP contribution in [0.4, 0.5) is 52.7 Å². The van der Waals surface area contributed by atoms with Crippen LogP contribution in [0.25, 0.3) is 0 Å². The molecule has 0 aromatic heterocycles. The van der Waals surface area contributed by atoms with Gasteiger partial charge in [0, 0.05) is 49.4 Å². The minimum atomic E-state index is -2.13. The molecule has 3 N–H and O–H groups in total. The van der Waals surface area contributed by atoms with Crippen molar-refractivity contribution in [3.63, 3.8) is 0 Å². The molecule has 0 saturated heterocycles. The summed E-state index contributed by atoms with van der Waals surface area (Å²) in [6.07, 6.45) is 0. The summed E-state index contributed by atoms with van der Waals surface area (Å²) in [5.41, 5.74) is -3.72. The van der Waals surface area contributed by atoms with Gasteiger partial charge in [-0.3, -0.25) is 0 Å². The van der Waals surface area contributed by atoms with Crippen molar-refractivity contribution in [2.75, 3.05) is 0 Å². The molecule has 0 spiro atoms. The summed E-state index contributed by atoms with van der Waals surface area (Å²) in [6.45, 7) is 0. The maximum absolute atomic E-state index is 12.5. The molecule has 3 aromatic rings. The van der Waals surface area contributed by atoms with E-state index in [1.54, 1.807) is 0 Å². The zero-order valence-electron chi connectivity index (χ0n) is 18.2. The van der Waals surface area contributed by atoms with E-state index >= 15 is 0 Å². The minimum Gasteiger partial charge on any atom is -0.478 e. The van der Waals surface area contributed by atoms with Gasteiger partial charge in [0.05, 0.1) is 0 Å². The van der Waals surface area contributed by atoms with Crippen LogP contribution in [0.1, 0.15) is 31.1 Å². The molecular weight excluding hydrogens is 728 g/mol. The summed E-state index contributed by atoms with van der Waals surface area (Å²) in [5, 5.41) is 24.6. The molecule has 0 fully saturated rings. The quantitative estimate of drug-likeness (QED) is 0.178. The summed E-state index contributed by atoms with van der Waals surface area (Å²) >= 11 is 0. The number of rotatable bonds is 3. The van der Waals surface area contributed by atoms with Crippen molar-refractivity contribution in [2.24, 2.45) is 0 Å². The van der Waals surface area contributed by atoms with Crippen LogP contribution >= 0.6 is 0 Å². The van der Waals surface area contributed by atoms with E-state index in [9.17, 15) is 67.1 Å². The van der Waals surface area contributed by atoms with Gasteiger partial charge in [-0.25, -0.2) is 67.1 Å². The van der Waals surface area contributed by atoms with Crippen LogP contribution in [0.5, 0.6) is 0 Å². The Hall–Kier alpha value is -3.19. The van der Waals surface area contributed by atoms with Gasteiger partial charge in [-0.05, 0) is 18.2 Å². The summed E-state index contributed by atoms with van der Waals surface area (Å²) in [5.74, 6) is -29.0. The maximum Gasteiger partial charge on any atom is 0.338 e. The molecule has 0 heterocycles. The Labute approximate surface area is 253 Å². The first-order chi connectivity index (χ1) is 17.8. The third-order valence-electron chi connectivity index (χ3n) is 4.00. The van der Waals surface area contributed by atoms with Crippen molar-refractivity contribution in [2.45, 2.75) is 0 Å². The van der Waals surface area contributed by atoms with Crippen LogP contribution in [0.2, 0.25) is 0 Å². The molecule has 0 atom stereocenters. The minimum absolute atomic E-state index is 0. The molecule has 0 unspecified atom stereocenters. The average Bonchev–Trinajstić information content (AvgIpc) is 2.86. The topological polar surface area (TPSA) is 112 Å². The molecule has 0 bridgehead atoms. The number of aromatic carboxylic acids is 3. The Kier molecular flexibility index (Phi) is 13.8. The Bertz CT molecular complexity index is 1310. The molecule has 3 aromatic carbocycles. The van der Waals surface area contributed by atoms with E-state index in [0.717, 1.165) is 0 Å². The Morgan fingerprint density at radius 1 is 0.375 bits per heavy atom. The van der Waals surface area contributed by atoms with Crippen molar-refractivity contribution in [3.05, 3.63) is 105 Å². The second-order valence-corrected chi connectivity index (χ2v) is 6.46. The first kappa shape index (κ1) is 36.8. The first-order valence-electron chi connectivity index (χ1n) is 9.03.